The summed E-state index contributed by atoms with van der Waals surface area (Å²) < 4.78 is 4.75. The summed E-state index contributed by atoms with van der Waals surface area (Å²) in [5.74, 6) is 1.70. The highest BCUT2D eigenvalue weighted by atomic mass is 32.1. The van der Waals surface area contributed by atoms with Crippen molar-refractivity contribution in [3.63, 3.8) is 0 Å². The van der Waals surface area contributed by atoms with Crippen LogP contribution in [0, 0.1) is 17.8 Å². The normalized spacial score (nSPS) is 17.4. The molecule has 15 heteroatoms. The standard InChI is InChI=1S/C40H49N7O4.4H2S/c1-23(2)26(6)38(48)46-18-8-9-33(46)36-41-20-31(43-36)29-14-10-27(11-15-29)28-12-16-30(17-13-28)32-21-42-37(44-32)34-19-25(5)22-47(34)39(49)35(24(3)4)45-40(50)51-7;;;;/h10-17,20-21,23-24,26,33-35H,5,8-9,18-19,22H2,1-4,6-7H3,(H,41,43)(H,42,44)(H,45,50);4*1H2/t26-,33-,34-,35-;;;;/m0..../s1. The summed E-state index contributed by atoms with van der Waals surface area (Å²) in [6.07, 6.45) is 5.51. The van der Waals surface area contributed by atoms with Crippen LogP contribution in [0.1, 0.15) is 77.6 Å². The number of hydrogen-bond donors (Lipinski definition) is 3. The molecule has 55 heavy (non-hydrogen) atoms. The van der Waals surface area contributed by atoms with Gasteiger partial charge in [0.05, 0.1) is 43.0 Å². The monoisotopic (exact) mass is 827 g/mol. The first-order chi connectivity index (χ1) is 24.4. The Morgan fingerprint density at radius 1 is 0.745 bits per heavy atom. The lowest BCUT2D eigenvalue weighted by Crippen LogP contribution is -2.51. The van der Waals surface area contributed by atoms with Gasteiger partial charge >= 0.3 is 6.09 Å². The molecule has 11 nitrogen and oxygen atoms in total. The third kappa shape index (κ3) is 10.3. The lowest BCUT2D eigenvalue weighted by molar-refractivity contribution is -0.137. The second-order valence-corrected chi connectivity index (χ2v) is 14.5. The van der Waals surface area contributed by atoms with Crippen LogP contribution in [0.2, 0.25) is 0 Å². The summed E-state index contributed by atoms with van der Waals surface area (Å²) >= 11 is 0. The molecule has 4 atom stereocenters. The largest absolute Gasteiger partial charge is 0.453 e. The number of benzene rings is 2. The van der Waals surface area contributed by atoms with Gasteiger partial charge in [-0.05, 0) is 53.4 Å². The molecule has 2 fully saturated rings. The van der Waals surface area contributed by atoms with Gasteiger partial charge in [-0.3, -0.25) is 9.59 Å². The van der Waals surface area contributed by atoms with Crippen molar-refractivity contribution in [2.45, 2.75) is 72.0 Å². The molecule has 3 N–H and O–H groups in total. The Labute approximate surface area is 352 Å². The van der Waals surface area contributed by atoms with Crippen LogP contribution in [-0.4, -0.2) is 73.9 Å². The Morgan fingerprint density at radius 2 is 1.24 bits per heavy atom. The van der Waals surface area contributed by atoms with E-state index in [2.05, 4.69) is 89.2 Å². The Hall–Kier alpha value is -3.79. The molecule has 0 aliphatic carbocycles. The van der Waals surface area contributed by atoms with E-state index in [4.69, 9.17) is 9.72 Å². The number of amides is 3. The van der Waals surface area contributed by atoms with E-state index in [0.29, 0.717) is 24.7 Å². The highest BCUT2D eigenvalue weighted by Crippen LogP contribution is 2.36. The van der Waals surface area contributed by atoms with Crippen molar-refractivity contribution in [3.8, 4) is 33.6 Å². The number of ether oxygens (including phenoxy) is 1. The van der Waals surface area contributed by atoms with Crippen molar-refractivity contribution in [1.82, 2.24) is 35.1 Å². The van der Waals surface area contributed by atoms with Crippen molar-refractivity contribution in [2.24, 2.45) is 17.8 Å². The Balaban J connectivity index is 0.00000261. The molecule has 0 saturated carbocycles. The van der Waals surface area contributed by atoms with E-state index in [1.807, 2.05) is 31.9 Å². The molecular weight excluding hydrogens is 771 g/mol. The van der Waals surface area contributed by atoms with E-state index < -0.39 is 12.1 Å². The molecule has 3 amide bonds. The fourth-order valence-corrected chi connectivity index (χ4v) is 7.00. The smallest absolute Gasteiger partial charge is 0.407 e. The topological polar surface area (TPSA) is 136 Å². The maximum atomic E-state index is 13.6. The molecule has 300 valence electrons. The van der Waals surface area contributed by atoms with Crippen molar-refractivity contribution in [3.05, 3.63) is 84.7 Å². The van der Waals surface area contributed by atoms with Gasteiger partial charge in [0.15, 0.2) is 0 Å². The zero-order valence-corrected chi connectivity index (χ0v) is 36.4. The van der Waals surface area contributed by atoms with Crippen molar-refractivity contribution < 1.29 is 19.1 Å². The van der Waals surface area contributed by atoms with Gasteiger partial charge in [0.2, 0.25) is 11.8 Å². The number of methoxy groups -OCH3 is 1. The van der Waals surface area contributed by atoms with Gasteiger partial charge < -0.3 is 29.8 Å². The molecule has 0 bridgehead atoms. The number of nitrogens with zero attached hydrogens (tertiary/aromatic N) is 4. The number of rotatable bonds is 10. The van der Waals surface area contributed by atoms with E-state index in [1.54, 1.807) is 11.1 Å². The number of nitrogens with one attached hydrogen (secondary N) is 3. The summed E-state index contributed by atoms with van der Waals surface area (Å²) in [5.41, 5.74) is 6.89. The van der Waals surface area contributed by atoms with Crippen LogP contribution >= 0.6 is 54.0 Å². The molecule has 2 aromatic heterocycles. The maximum absolute atomic E-state index is 13.6. The number of aromatic nitrogens is 4. The van der Waals surface area contributed by atoms with Gasteiger partial charge in [-0.1, -0.05) is 95.3 Å². The quantitative estimate of drug-likeness (QED) is 0.140. The second-order valence-electron chi connectivity index (χ2n) is 14.5. The number of aromatic amines is 2. The first kappa shape index (κ1) is 47.4. The van der Waals surface area contributed by atoms with Crippen molar-refractivity contribution >= 4 is 71.9 Å². The molecular formula is C40H57N7O4S4. The van der Waals surface area contributed by atoms with Gasteiger partial charge in [-0.25, -0.2) is 14.8 Å². The van der Waals surface area contributed by atoms with Gasteiger partial charge in [0.1, 0.15) is 17.7 Å². The molecule has 0 radical (unpaired) electrons. The summed E-state index contributed by atoms with van der Waals surface area (Å²) in [4.78, 5) is 58.7. The Kier molecular flexibility index (Phi) is 17.6. The van der Waals surface area contributed by atoms with Crippen LogP contribution in [0.3, 0.4) is 0 Å². The number of carbonyl (C=O) groups excluding carboxylic acids is 3. The average molecular weight is 828 g/mol. The summed E-state index contributed by atoms with van der Waals surface area (Å²) in [6.45, 7) is 15.3. The highest BCUT2D eigenvalue weighted by molar-refractivity contribution is 7.59. The summed E-state index contributed by atoms with van der Waals surface area (Å²) in [6, 6.07) is 15.6. The van der Waals surface area contributed by atoms with E-state index in [-0.39, 0.29) is 89.7 Å². The summed E-state index contributed by atoms with van der Waals surface area (Å²) in [5, 5.41) is 2.68. The third-order valence-electron chi connectivity index (χ3n) is 10.4. The predicted octanol–water partition coefficient (Wildman–Crippen LogP) is 7.75. The predicted molar refractivity (Wildman–Crippen MR) is 239 cm³/mol. The molecule has 2 aromatic carbocycles. The molecule has 2 saturated heterocycles. The minimum absolute atomic E-state index is 0. The molecule has 4 heterocycles. The molecule has 2 aliphatic heterocycles. The fraction of sp³-hybridized carbons (Fsp3) is 0.425. The lowest BCUT2D eigenvalue weighted by atomic mass is 9.96. The van der Waals surface area contributed by atoms with Crippen LogP contribution < -0.4 is 5.32 Å². The molecule has 4 aromatic rings. The Morgan fingerprint density at radius 3 is 1.71 bits per heavy atom. The number of H-pyrrole nitrogens is 2. The molecule has 0 spiro atoms. The van der Waals surface area contributed by atoms with Crippen LogP contribution in [-0.2, 0) is 14.3 Å². The Bertz CT molecular complexity index is 1900. The molecule has 0 unspecified atom stereocenters. The second kappa shape index (κ2) is 20.4. The number of likely N-dealkylation sites (tertiary alicyclic amines) is 2. The zero-order chi connectivity index (χ0) is 36.4. The summed E-state index contributed by atoms with van der Waals surface area (Å²) in [7, 11) is 1.28. The van der Waals surface area contributed by atoms with E-state index in [0.717, 1.165) is 64.4 Å². The minimum Gasteiger partial charge on any atom is -0.453 e. The zero-order valence-electron chi connectivity index (χ0n) is 32.4. The first-order valence-electron chi connectivity index (χ1n) is 17.9. The van der Waals surface area contributed by atoms with Crippen LogP contribution in [0.15, 0.2) is 73.1 Å². The average Bonchev–Trinajstić information content (AvgIpc) is 3.96. The van der Waals surface area contributed by atoms with Crippen LogP contribution in [0.4, 0.5) is 4.79 Å². The number of carbonyl (C=O) groups is 3. The van der Waals surface area contributed by atoms with Gasteiger partial charge in [-0.2, -0.15) is 54.0 Å². The highest BCUT2D eigenvalue weighted by Gasteiger charge is 2.39. The fourth-order valence-electron chi connectivity index (χ4n) is 7.00. The maximum Gasteiger partial charge on any atom is 0.407 e. The van der Waals surface area contributed by atoms with Gasteiger partial charge in [-0.15, -0.1) is 0 Å². The van der Waals surface area contributed by atoms with E-state index in [9.17, 15) is 14.4 Å². The van der Waals surface area contributed by atoms with E-state index >= 15 is 0 Å². The van der Waals surface area contributed by atoms with Gasteiger partial charge in [0, 0.05) is 19.0 Å². The minimum atomic E-state index is -0.725. The molecule has 2 aliphatic rings. The van der Waals surface area contributed by atoms with Crippen molar-refractivity contribution in [1.29, 1.82) is 0 Å². The number of hydrogen-bond acceptors (Lipinski definition) is 6. The van der Waals surface area contributed by atoms with E-state index in [1.165, 1.54) is 7.11 Å². The number of alkyl carbamates (subject to hydrolysis) is 1. The number of imidazole rings is 2. The SMILES string of the molecule is C=C1C[C@@H](c2ncc(-c3ccc(-c4ccc(-c5cnc([C@@H]6CCCN6C(=O)[C@@H](C)C(C)C)[nH]5)cc4)cc3)[nH]2)N(C(=O)[C@@H](NC(=O)OC)C(C)C)C1.S.S.S.S. The van der Waals surface area contributed by atoms with Crippen LogP contribution in [0.25, 0.3) is 33.6 Å². The lowest BCUT2D eigenvalue weighted by Gasteiger charge is -2.29. The molecule has 6 rings (SSSR count). The van der Waals surface area contributed by atoms with Gasteiger partial charge in [0.25, 0.3) is 0 Å². The first-order valence-corrected chi connectivity index (χ1v) is 17.9. The third-order valence-corrected chi connectivity index (χ3v) is 10.4. The van der Waals surface area contributed by atoms with Crippen LogP contribution in [0.5, 0.6) is 0 Å². The van der Waals surface area contributed by atoms with Crippen molar-refractivity contribution in [2.75, 3.05) is 20.2 Å².